The number of carboxylic acids is 1. The Labute approximate surface area is 109 Å². The summed E-state index contributed by atoms with van der Waals surface area (Å²) in [5.74, 6) is -0.342. The minimum atomic E-state index is -0.944. The topological polar surface area (TPSA) is 50.2 Å². The second kappa shape index (κ2) is 4.21. The van der Waals surface area contributed by atoms with E-state index in [1.807, 2.05) is 25.1 Å². The summed E-state index contributed by atoms with van der Waals surface area (Å²) in [6.45, 7) is 1.85. The average molecular weight is 259 g/mol. The lowest BCUT2D eigenvalue weighted by Gasteiger charge is -2.06. The Morgan fingerprint density at radius 2 is 2.11 bits per heavy atom. The molecule has 0 aliphatic heterocycles. The Kier molecular flexibility index (Phi) is 2.67. The molecular weight excluding hydrogens is 246 g/mol. The number of nitrogens with zero attached hydrogens (tertiary/aromatic N) is 1. The molecule has 2 aromatic rings. The molecule has 1 heterocycles. The van der Waals surface area contributed by atoms with E-state index in [-0.39, 0.29) is 5.69 Å². The largest absolute Gasteiger partial charge is 0.476 e. The third kappa shape index (κ3) is 1.93. The Morgan fingerprint density at radius 1 is 1.39 bits per heavy atom. The van der Waals surface area contributed by atoms with Crippen molar-refractivity contribution in [1.29, 1.82) is 0 Å². The summed E-state index contributed by atoms with van der Waals surface area (Å²) >= 11 is 1.46. The van der Waals surface area contributed by atoms with Crippen LogP contribution in [0.3, 0.4) is 0 Å². The lowest BCUT2D eigenvalue weighted by molar-refractivity contribution is 0.0692. The Bertz CT molecular complexity index is 614. The molecule has 0 unspecified atom stereocenters. The highest BCUT2D eigenvalue weighted by molar-refractivity contribution is 7.15. The van der Waals surface area contributed by atoms with Gasteiger partial charge in [-0.1, -0.05) is 24.3 Å². The number of carboxylic acid groups (broad SMARTS) is 1. The van der Waals surface area contributed by atoms with Gasteiger partial charge in [0.05, 0.1) is 9.88 Å². The molecule has 1 aliphatic rings. The summed E-state index contributed by atoms with van der Waals surface area (Å²) in [6.07, 6.45) is 2.41. The van der Waals surface area contributed by atoms with E-state index in [1.165, 1.54) is 29.7 Å². The molecule has 1 fully saturated rings. The number of benzene rings is 1. The van der Waals surface area contributed by atoms with E-state index < -0.39 is 5.97 Å². The Hall–Kier alpha value is -1.68. The van der Waals surface area contributed by atoms with Crippen LogP contribution in [0.4, 0.5) is 0 Å². The number of aryl methyl sites for hydroxylation is 1. The molecule has 0 radical (unpaired) electrons. The molecule has 18 heavy (non-hydrogen) atoms. The number of thiazole rings is 1. The molecule has 1 aromatic heterocycles. The van der Waals surface area contributed by atoms with Crippen molar-refractivity contribution in [2.45, 2.75) is 25.7 Å². The van der Waals surface area contributed by atoms with Crippen LogP contribution >= 0.6 is 11.3 Å². The maximum atomic E-state index is 11.2. The molecule has 1 aliphatic carbocycles. The van der Waals surface area contributed by atoms with E-state index in [0.717, 1.165) is 15.4 Å². The number of rotatable bonds is 3. The molecule has 3 nitrogen and oxygen atoms in total. The second-order valence-electron chi connectivity index (χ2n) is 4.58. The number of aromatic nitrogens is 1. The molecule has 0 bridgehead atoms. The molecule has 1 saturated carbocycles. The van der Waals surface area contributed by atoms with Crippen LogP contribution in [-0.4, -0.2) is 16.1 Å². The number of carbonyl (C=O) groups is 1. The van der Waals surface area contributed by atoms with E-state index in [0.29, 0.717) is 5.92 Å². The third-order valence-electron chi connectivity index (χ3n) is 3.16. The lowest BCUT2D eigenvalue weighted by atomic mass is 10.0. The van der Waals surface area contributed by atoms with Gasteiger partial charge in [0.15, 0.2) is 5.69 Å². The molecule has 1 N–H and O–H groups in total. The van der Waals surface area contributed by atoms with Gasteiger partial charge in [-0.15, -0.1) is 11.3 Å². The van der Waals surface area contributed by atoms with Crippen LogP contribution in [0.5, 0.6) is 0 Å². The third-order valence-corrected chi connectivity index (χ3v) is 4.16. The van der Waals surface area contributed by atoms with Crippen molar-refractivity contribution in [2.75, 3.05) is 0 Å². The Morgan fingerprint density at radius 3 is 2.78 bits per heavy atom. The van der Waals surface area contributed by atoms with E-state index in [4.69, 9.17) is 0 Å². The van der Waals surface area contributed by atoms with Crippen molar-refractivity contribution in [3.8, 4) is 10.4 Å². The van der Waals surface area contributed by atoms with Gasteiger partial charge in [-0.05, 0) is 36.8 Å². The van der Waals surface area contributed by atoms with Gasteiger partial charge < -0.3 is 5.11 Å². The molecular formula is C14H13NO2S. The first-order valence-electron chi connectivity index (χ1n) is 5.97. The zero-order valence-electron chi connectivity index (χ0n) is 10.0. The van der Waals surface area contributed by atoms with Gasteiger partial charge in [-0.3, -0.25) is 0 Å². The summed E-state index contributed by atoms with van der Waals surface area (Å²) in [4.78, 5) is 16.2. The first kappa shape index (κ1) is 11.4. The first-order chi connectivity index (χ1) is 8.66. The number of aromatic carboxylic acids is 1. The predicted molar refractivity (Wildman–Crippen MR) is 71.2 cm³/mol. The van der Waals surface area contributed by atoms with Gasteiger partial charge in [0.1, 0.15) is 0 Å². The van der Waals surface area contributed by atoms with Crippen molar-refractivity contribution < 1.29 is 9.90 Å². The Balaban J connectivity index is 2.17. The molecule has 92 valence electrons. The fourth-order valence-electron chi connectivity index (χ4n) is 2.21. The van der Waals surface area contributed by atoms with Gasteiger partial charge in [0.25, 0.3) is 0 Å². The summed E-state index contributed by atoms with van der Waals surface area (Å²) < 4.78 is 0. The van der Waals surface area contributed by atoms with Crippen molar-refractivity contribution in [1.82, 2.24) is 4.98 Å². The summed E-state index contributed by atoms with van der Waals surface area (Å²) in [5, 5.41) is 10.0. The normalized spacial score (nSPS) is 14.7. The van der Waals surface area contributed by atoms with Gasteiger partial charge >= 0.3 is 5.97 Å². The van der Waals surface area contributed by atoms with Gasteiger partial charge in [0.2, 0.25) is 0 Å². The zero-order chi connectivity index (χ0) is 12.7. The molecule has 1 aromatic carbocycles. The standard InChI is InChI=1S/C14H13NO2S/c1-8-15-12(14(16)17)13(18-8)11-5-3-2-4-10(11)9-6-7-9/h2-5,9H,6-7H2,1H3,(H,16,17). The van der Waals surface area contributed by atoms with Crippen molar-refractivity contribution in [2.24, 2.45) is 0 Å². The molecule has 4 heteroatoms. The van der Waals surface area contributed by atoms with Gasteiger partial charge in [0, 0.05) is 0 Å². The second-order valence-corrected chi connectivity index (χ2v) is 5.78. The van der Waals surface area contributed by atoms with E-state index in [2.05, 4.69) is 11.1 Å². The zero-order valence-corrected chi connectivity index (χ0v) is 10.8. The summed E-state index contributed by atoms with van der Waals surface area (Å²) in [5.41, 5.74) is 2.50. The highest BCUT2D eigenvalue weighted by atomic mass is 32.1. The summed E-state index contributed by atoms with van der Waals surface area (Å²) in [6, 6.07) is 8.09. The van der Waals surface area contributed by atoms with Crippen LogP contribution in [0.1, 0.15) is 39.8 Å². The van der Waals surface area contributed by atoms with Crippen LogP contribution in [-0.2, 0) is 0 Å². The fourth-order valence-corrected chi connectivity index (χ4v) is 3.17. The minimum Gasteiger partial charge on any atom is -0.476 e. The molecule has 3 rings (SSSR count). The molecule has 0 atom stereocenters. The quantitative estimate of drug-likeness (QED) is 0.914. The highest BCUT2D eigenvalue weighted by Crippen LogP contribution is 2.45. The number of hydrogen-bond acceptors (Lipinski definition) is 3. The fraction of sp³-hybridized carbons (Fsp3) is 0.286. The minimum absolute atomic E-state index is 0.186. The summed E-state index contributed by atoms with van der Waals surface area (Å²) in [7, 11) is 0. The van der Waals surface area contributed by atoms with Gasteiger partial charge in [-0.25, -0.2) is 9.78 Å². The maximum absolute atomic E-state index is 11.2. The SMILES string of the molecule is Cc1nc(C(=O)O)c(-c2ccccc2C2CC2)s1. The van der Waals surface area contributed by atoms with Crippen LogP contribution in [0.25, 0.3) is 10.4 Å². The highest BCUT2D eigenvalue weighted by Gasteiger charge is 2.28. The molecule has 0 spiro atoms. The molecule has 0 saturated heterocycles. The van der Waals surface area contributed by atoms with Crippen LogP contribution in [0, 0.1) is 6.92 Å². The maximum Gasteiger partial charge on any atom is 0.356 e. The smallest absolute Gasteiger partial charge is 0.356 e. The van der Waals surface area contributed by atoms with E-state index in [9.17, 15) is 9.90 Å². The number of hydrogen-bond donors (Lipinski definition) is 1. The average Bonchev–Trinajstić information content (AvgIpc) is 3.12. The predicted octanol–water partition coefficient (Wildman–Crippen LogP) is 3.69. The monoisotopic (exact) mass is 259 g/mol. The van der Waals surface area contributed by atoms with Crippen molar-refractivity contribution >= 4 is 17.3 Å². The van der Waals surface area contributed by atoms with Crippen molar-refractivity contribution in [3.05, 3.63) is 40.5 Å². The van der Waals surface area contributed by atoms with Crippen molar-refractivity contribution in [3.63, 3.8) is 0 Å². The first-order valence-corrected chi connectivity index (χ1v) is 6.78. The van der Waals surface area contributed by atoms with Gasteiger partial charge in [-0.2, -0.15) is 0 Å². The lowest BCUT2D eigenvalue weighted by Crippen LogP contribution is -1.99. The van der Waals surface area contributed by atoms with E-state index in [1.54, 1.807) is 0 Å². The van der Waals surface area contributed by atoms with Crippen LogP contribution in [0.2, 0.25) is 0 Å². The van der Waals surface area contributed by atoms with Crippen LogP contribution in [0.15, 0.2) is 24.3 Å². The van der Waals surface area contributed by atoms with Crippen LogP contribution < -0.4 is 0 Å². The van der Waals surface area contributed by atoms with E-state index >= 15 is 0 Å². The molecule has 0 amide bonds.